The molecule has 0 rings (SSSR count). The van der Waals surface area contributed by atoms with Crippen molar-refractivity contribution >= 4 is 23.8 Å². The molecule has 4 amide bonds. The van der Waals surface area contributed by atoms with Crippen LogP contribution in [-0.4, -0.2) is 47.5 Å². The van der Waals surface area contributed by atoms with Crippen LogP contribution in [0.1, 0.15) is 62.3 Å². The summed E-state index contributed by atoms with van der Waals surface area (Å²) in [4.78, 5) is 49.7. The first kappa shape index (κ1) is 27.6. The average Bonchev–Trinajstić information content (AvgIpc) is 2.58. The number of carbonyl (C=O) groups excluding carboxylic acids is 4. The zero-order valence-corrected chi connectivity index (χ0v) is 19.6. The molecule has 0 heterocycles. The van der Waals surface area contributed by atoms with Crippen molar-refractivity contribution in [3.05, 3.63) is 0 Å². The number of hydrazine groups is 1. The highest BCUT2D eigenvalue weighted by Gasteiger charge is 2.33. The van der Waals surface area contributed by atoms with Gasteiger partial charge >= 0.3 is 6.09 Å². The molecule has 6 N–H and O–H groups in total. The van der Waals surface area contributed by atoms with Crippen LogP contribution in [0.15, 0.2) is 0 Å². The lowest BCUT2D eigenvalue weighted by Crippen LogP contribution is -2.60. The Kier molecular flexibility index (Phi) is 10.8. The van der Waals surface area contributed by atoms with Gasteiger partial charge in [0.15, 0.2) is 0 Å². The van der Waals surface area contributed by atoms with Crippen LogP contribution >= 0.6 is 0 Å². The Morgan fingerprint density at radius 1 is 0.667 bits per heavy atom. The maximum absolute atomic E-state index is 12.9. The van der Waals surface area contributed by atoms with E-state index in [-0.39, 0.29) is 17.8 Å². The molecule has 10 heteroatoms. The first-order chi connectivity index (χ1) is 13.6. The summed E-state index contributed by atoms with van der Waals surface area (Å²) in [7, 11) is 0. The third-order valence-corrected chi connectivity index (χ3v) is 4.26. The van der Waals surface area contributed by atoms with Crippen molar-refractivity contribution in [1.82, 2.24) is 21.4 Å². The summed E-state index contributed by atoms with van der Waals surface area (Å²) in [5, 5.41) is 7.88. The molecular formula is C20H39N5O5. The number of nitrogens with two attached hydrogens (primary N) is 1. The van der Waals surface area contributed by atoms with Crippen LogP contribution in [0.25, 0.3) is 0 Å². The molecule has 3 atom stereocenters. The molecule has 0 aromatic heterocycles. The highest BCUT2D eigenvalue weighted by Crippen LogP contribution is 2.11. The smallest absolute Gasteiger partial charge is 0.408 e. The van der Waals surface area contributed by atoms with Gasteiger partial charge in [-0.3, -0.25) is 19.8 Å². The van der Waals surface area contributed by atoms with Gasteiger partial charge in [-0.25, -0.2) is 10.6 Å². The van der Waals surface area contributed by atoms with Crippen molar-refractivity contribution in [2.45, 2.75) is 86.0 Å². The second kappa shape index (κ2) is 11.7. The lowest BCUT2D eigenvalue weighted by atomic mass is 9.98. The number of amides is 4. The topological polar surface area (TPSA) is 152 Å². The van der Waals surface area contributed by atoms with Crippen LogP contribution in [0.5, 0.6) is 0 Å². The van der Waals surface area contributed by atoms with Gasteiger partial charge in [-0.05, 0) is 38.5 Å². The lowest BCUT2D eigenvalue weighted by molar-refractivity contribution is -0.134. The van der Waals surface area contributed by atoms with Gasteiger partial charge in [0.1, 0.15) is 23.7 Å². The lowest BCUT2D eigenvalue weighted by Gasteiger charge is -2.29. The van der Waals surface area contributed by atoms with Crippen molar-refractivity contribution in [2.24, 2.45) is 23.6 Å². The van der Waals surface area contributed by atoms with Crippen LogP contribution in [-0.2, 0) is 19.1 Å². The predicted molar refractivity (Wildman–Crippen MR) is 114 cm³/mol. The first-order valence-electron chi connectivity index (χ1n) is 10.2. The zero-order chi connectivity index (χ0) is 23.8. The molecule has 0 bridgehead atoms. The van der Waals surface area contributed by atoms with Gasteiger partial charge in [0.25, 0.3) is 5.91 Å². The fourth-order valence-corrected chi connectivity index (χ4v) is 2.62. The Hall–Kier alpha value is -2.36. The zero-order valence-electron chi connectivity index (χ0n) is 19.6. The van der Waals surface area contributed by atoms with Crippen molar-refractivity contribution in [3.8, 4) is 0 Å². The third kappa shape index (κ3) is 9.43. The molecule has 0 aromatic carbocycles. The summed E-state index contributed by atoms with van der Waals surface area (Å²) >= 11 is 0. The fourth-order valence-electron chi connectivity index (χ4n) is 2.62. The Morgan fingerprint density at radius 2 is 1.00 bits per heavy atom. The maximum atomic E-state index is 12.9. The van der Waals surface area contributed by atoms with E-state index in [0.29, 0.717) is 0 Å². The van der Waals surface area contributed by atoms with Gasteiger partial charge in [0.05, 0.1) is 0 Å². The van der Waals surface area contributed by atoms with Crippen molar-refractivity contribution in [3.63, 3.8) is 0 Å². The second-order valence-electron chi connectivity index (χ2n) is 9.34. The third-order valence-electron chi connectivity index (χ3n) is 4.26. The van der Waals surface area contributed by atoms with Gasteiger partial charge < -0.3 is 20.7 Å². The van der Waals surface area contributed by atoms with E-state index in [1.54, 1.807) is 62.3 Å². The highest BCUT2D eigenvalue weighted by atomic mass is 16.6. The summed E-state index contributed by atoms with van der Waals surface area (Å²) in [6.45, 7) is 15.8. The van der Waals surface area contributed by atoms with E-state index in [0.717, 1.165) is 0 Å². The molecule has 174 valence electrons. The largest absolute Gasteiger partial charge is 0.444 e. The minimum absolute atomic E-state index is 0.210. The predicted octanol–water partition coefficient (Wildman–Crippen LogP) is 0.807. The SMILES string of the molecule is CC(C)[C@@H](NC(=O)OC(C)(C)C)C(=O)N[C@@H](C(=O)N[C@@H](C(=O)NN)C(C)C)C(C)C. The first-order valence-corrected chi connectivity index (χ1v) is 10.2. The monoisotopic (exact) mass is 429 g/mol. The molecule has 0 unspecified atom stereocenters. The molecule has 0 fully saturated rings. The number of nitrogens with one attached hydrogen (secondary N) is 4. The molecule has 0 radical (unpaired) electrons. The van der Waals surface area contributed by atoms with E-state index in [1.165, 1.54) is 0 Å². The minimum atomic E-state index is -0.911. The molecule has 0 aliphatic carbocycles. The van der Waals surface area contributed by atoms with E-state index in [9.17, 15) is 19.2 Å². The fraction of sp³-hybridized carbons (Fsp3) is 0.800. The molecule has 30 heavy (non-hydrogen) atoms. The van der Waals surface area contributed by atoms with Gasteiger partial charge in [-0.15, -0.1) is 0 Å². The normalized spacial score (nSPS) is 14.7. The van der Waals surface area contributed by atoms with Gasteiger partial charge in [-0.1, -0.05) is 41.5 Å². The summed E-state index contributed by atoms with van der Waals surface area (Å²) in [6.07, 6.45) is -0.721. The second-order valence-corrected chi connectivity index (χ2v) is 9.34. The van der Waals surface area contributed by atoms with Gasteiger partial charge in [-0.2, -0.15) is 0 Å². The van der Waals surface area contributed by atoms with Crippen molar-refractivity contribution in [2.75, 3.05) is 0 Å². The van der Waals surface area contributed by atoms with Crippen LogP contribution in [0.3, 0.4) is 0 Å². The average molecular weight is 430 g/mol. The molecule has 0 saturated carbocycles. The maximum Gasteiger partial charge on any atom is 0.408 e. The number of alkyl carbamates (subject to hydrolysis) is 1. The van der Waals surface area contributed by atoms with Crippen LogP contribution in [0.2, 0.25) is 0 Å². The number of hydrogen-bond donors (Lipinski definition) is 5. The minimum Gasteiger partial charge on any atom is -0.444 e. The molecule has 0 saturated heterocycles. The summed E-state index contributed by atoms with van der Waals surface area (Å²) in [5.74, 6) is 2.91. The summed E-state index contributed by atoms with van der Waals surface area (Å²) in [6, 6.07) is -2.66. The van der Waals surface area contributed by atoms with Crippen LogP contribution in [0, 0.1) is 17.8 Å². The quantitative estimate of drug-likeness (QED) is 0.208. The Balaban J connectivity index is 5.37. The van der Waals surface area contributed by atoms with E-state index in [1.807, 2.05) is 5.43 Å². The van der Waals surface area contributed by atoms with E-state index in [2.05, 4.69) is 16.0 Å². The number of ether oxygens (including phenoxy) is 1. The Morgan fingerprint density at radius 3 is 1.30 bits per heavy atom. The van der Waals surface area contributed by atoms with Gasteiger partial charge in [0.2, 0.25) is 11.8 Å². The molecule has 0 aliphatic rings. The van der Waals surface area contributed by atoms with Crippen LogP contribution < -0.4 is 27.2 Å². The van der Waals surface area contributed by atoms with E-state index >= 15 is 0 Å². The summed E-state index contributed by atoms with van der Waals surface area (Å²) in [5.41, 5.74) is 1.32. The van der Waals surface area contributed by atoms with Gasteiger partial charge in [0, 0.05) is 0 Å². The summed E-state index contributed by atoms with van der Waals surface area (Å²) < 4.78 is 5.22. The Bertz CT molecular complexity index is 613. The standard InChI is InChI=1S/C20H39N5O5/c1-10(2)13(16(26)23-15(12(5)6)18(28)25-21)22-17(27)14(11(3)4)24-19(29)30-20(7,8)9/h10-15H,21H2,1-9H3,(H,22,27)(H,23,26)(H,24,29)(H,25,28)/t13-,14-,15-/m1/s1. The molecule has 0 spiro atoms. The number of hydrogen-bond acceptors (Lipinski definition) is 6. The van der Waals surface area contributed by atoms with Crippen molar-refractivity contribution in [1.29, 1.82) is 0 Å². The number of rotatable bonds is 9. The molecule has 0 aromatic rings. The van der Waals surface area contributed by atoms with Crippen molar-refractivity contribution < 1.29 is 23.9 Å². The molecular weight excluding hydrogens is 390 g/mol. The van der Waals surface area contributed by atoms with E-state index in [4.69, 9.17) is 10.6 Å². The van der Waals surface area contributed by atoms with E-state index < -0.39 is 47.5 Å². The Labute approximate surface area is 179 Å². The molecule has 10 nitrogen and oxygen atoms in total. The number of carbonyl (C=O) groups is 4. The highest BCUT2D eigenvalue weighted by molar-refractivity contribution is 5.94. The van der Waals surface area contributed by atoms with Crippen LogP contribution in [0.4, 0.5) is 4.79 Å². The molecule has 0 aliphatic heterocycles.